The maximum atomic E-state index is 12.5. The molecule has 1 aromatic heterocycles. The van der Waals surface area contributed by atoms with Gasteiger partial charge in [0, 0.05) is 24.5 Å². The average molecular weight is 384 g/mol. The number of nitriles is 1. The number of sulfone groups is 1. The minimum absolute atomic E-state index is 0.0985. The Bertz CT molecular complexity index is 981. The number of benzene rings is 1. The largest absolute Gasteiger partial charge is 0.367 e. The van der Waals surface area contributed by atoms with E-state index < -0.39 is 9.84 Å². The van der Waals surface area contributed by atoms with Gasteiger partial charge >= 0.3 is 0 Å². The molecule has 1 atom stereocenters. The molecule has 0 aliphatic carbocycles. The lowest BCUT2D eigenvalue weighted by Gasteiger charge is -2.29. The Morgan fingerprint density at radius 1 is 1.33 bits per heavy atom. The second kappa shape index (κ2) is 7.76. The van der Waals surface area contributed by atoms with Crippen LogP contribution in [0.25, 0.3) is 0 Å². The summed E-state index contributed by atoms with van der Waals surface area (Å²) in [5, 5.41) is 11.6. The van der Waals surface area contributed by atoms with Crippen molar-refractivity contribution in [1.82, 2.24) is 4.98 Å². The molecule has 27 heavy (non-hydrogen) atoms. The predicted molar refractivity (Wildman–Crippen MR) is 103 cm³/mol. The zero-order valence-electron chi connectivity index (χ0n) is 14.9. The standard InChI is InChI=1S/C19H20N4O3S/c1-2-23(17-7-8-27(25,26)13-17)18-9-15(11-21-12-18)19(24)22-16-5-3-14(10-20)4-6-16/h3-6,9,11-12,17H,2,7-8,13H2,1H3,(H,22,24). The topological polar surface area (TPSA) is 103 Å². The van der Waals surface area contributed by atoms with E-state index in [0.29, 0.717) is 29.8 Å². The van der Waals surface area contributed by atoms with Crippen molar-refractivity contribution in [3.63, 3.8) is 0 Å². The molecule has 0 saturated carbocycles. The first-order chi connectivity index (χ1) is 12.9. The molecule has 1 aromatic carbocycles. The summed E-state index contributed by atoms with van der Waals surface area (Å²) in [4.78, 5) is 18.7. The second-order valence-corrected chi connectivity index (χ2v) is 8.65. The van der Waals surface area contributed by atoms with Crippen LogP contribution in [0.3, 0.4) is 0 Å². The third kappa shape index (κ3) is 4.44. The van der Waals surface area contributed by atoms with Gasteiger partial charge in [-0.2, -0.15) is 5.26 Å². The van der Waals surface area contributed by atoms with Crippen LogP contribution in [0, 0.1) is 11.3 Å². The summed E-state index contributed by atoms with van der Waals surface area (Å²) >= 11 is 0. The van der Waals surface area contributed by atoms with E-state index in [-0.39, 0.29) is 23.5 Å². The Balaban J connectivity index is 1.77. The lowest BCUT2D eigenvalue weighted by Crippen LogP contribution is -2.36. The first kappa shape index (κ1) is 18.9. The Hall–Kier alpha value is -2.92. The van der Waals surface area contributed by atoms with Crippen LogP contribution in [0.1, 0.15) is 29.3 Å². The Morgan fingerprint density at radius 3 is 2.67 bits per heavy atom. The quantitative estimate of drug-likeness (QED) is 0.848. The van der Waals surface area contributed by atoms with Crippen LogP contribution in [0.4, 0.5) is 11.4 Å². The number of nitrogens with one attached hydrogen (secondary N) is 1. The van der Waals surface area contributed by atoms with Gasteiger partial charge in [-0.25, -0.2) is 8.42 Å². The molecule has 2 aromatic rings. The number of anilines is 2. The van der Waals surface area contributed by atoms with Crippen molar-refractivity contribution in [3.05, 3.63) is 53.9 Å². The summed E-state index contributed by atoms with van der Waals surface area (Å²) in [6.07, 6.45) is 3.70. The molecule has 3 rings (SSSR count). The fourth-order valence-corrected chi connectivity index (χ4v) is 4.94. The van der Waals surface area contributed by atoms with E-state index in [9.17, 15) is 13.2 Å². The highest BCUT2D eigenvalue weighted by atomic mass is 32.2. The number of hydrogen-bond acceptors (Lipinski definition) is 6. The fourth-order valence-electron chi connectivity index (χ4n) is 3.21. The smallest absolute Gasteiger partial charge is 0.257 e. The number of rotatable bonds is 5. The molecular weight excluding hydrogens is 364 g/mol. The number of carbonyl (C=O) groups excluding carboxylic acids is 1. The van der Waals surface area contributed by atoms with Gasteiger partial charge in [0.05, 0.1) is 40.6 Å². The van der Waals surface area contributed by atoms with Crippen LogP contribution in [0.15, 0.2) is 42.7 Å². The number of carbonyl (C=O) groups is 1. The lowest BCUT2D eigenvalue weighted by molar-refractivity contribution is 0.102. The molecular formula is C19H20N4O3S. The SMILES string of the molecule is CCN(c1cncc(C(=O)Nc2ccc(C#N)cc2)c1)C1CCS(=O)(=O)C1. The van der Waals surface area contributed by atoms with Crippen LogP contribution in [0.5, 0.6) is 0 Å². The van der Waals surface area contributed by atoms with Crippen molar-refractivity contribution >= 4 is 27.1 Å². The van der Waals surface area contributed by atoms with Crippen molar-refractivity contribution < 1.29 is 13.2 Å². The summed E-state index contributed by atoms with van der Waals surface area (Å²) in [5.74, 6) is 0.00679. The van der Waals surface area contributed by atoms with Gasteiger partial charge < -0.3 is 10.2 Å². The first-order valence-corrected chi connectivity index (χ1v) is 10.5. The molecule has 0 radical (unpaired) electrons. The van der Waals surface area contributed by atoms with Crippen molar-refractivity contribution in [3.8, 4) is 6.07 Å². The molecule has 1 aliphatic heterocycles. The molecule has 7 nitrogen and oxygen atoms in total. The van der Waals surface area contributed by atoms with Crippen LogP contribution >= 0.6 is 0 Å². The summed E-state index contributed by atoms with van der Waals surface area (Å²) in [6, 6.07) is 10.2. The van der Waals surface area contributed by atoms with Gasteiger partial charge in [-0.05, 0) is 43.7 Å². The Kier molecular flexibility index (Phi) is 5.42. The van der Waals surface area contributed by atoms with Crippen LogP contribution < -0.4 is 10.2 Å². The van der Waals surface area contributed by atoms with Crippen molar-refractivity contribution in [2.45, 2.75) is 19.4 Å². The first-order valence-electron chi connectivity index (χ1n) is 8.65. The maximum absolute atomic E-state index is 12.5. The van der Waals surface area contributed by atoms with Crippen molar-refractivity contribution in [1.29, 1.82) is 5.26 Å². The van der Waals surface area contributed by atoms with Crippen LogP contribution in [0.2, 0.25) is 0 Å². The lowest BCUT2D eigenvalue weighted by atomic mass is 10.1. The molecule has 140 valence electrons. The van der Waals surface area contributed by atoms with E-state index >= 15 is 0 Å². The molecule has 1 saturated heterocycles. The Labute approximate surface area is 158 Å². The van der Waals surface area contributed by atoms with E-state index in [1.54, 1.807) is 36.5 Å². The number of hydrogen-bond donors (Lipinski definition) is 1. The van der Waals surface area contributed by atoms with E-state index in [1.165, 1.54) is 6.20 Å². The summed E-state index contributed by atoms with van der Waals surface area (Å²) in [5.41, 5.74) is 2.21. The van der Waals surface area contributed by atoms with Gasteiger partial charge in [-0.1, -0.05) is 0 Å². The van der Waals surface area contributed by atoms with Gasteiger partial charge in [-0.3, -0.25) is 9.78 Å². The summed E-state index contributed by atoms with van der Waals surface area (Å²) in [6.45, 7) is 2.58. The summed E-state index contributed by atoms with van der Waals surface area (Å²) < 4.78 is 23.6. The molecule has 1 amide bonds. The fraction of sp³-hybridized carbons (Fsp3) is 0.316. The molecule has 1 fully saturated rings. The zero-order valence-corrected chi connectivity index (χ0v) is 15.7. The van der Waals surface area contributed by atoms with E-state index in [1.807, 2.05) is 17.9 Å². The normalized spacial score (nSPS) is 17.9. The highest BCUT2D eigenvalue weighted by molar-refractivity contribution is 7.91. The minimum Gasteiger partial charge on any atom is -0.367 e. The van der Waals surface area contributed by atoms with Gasteiger partial charge in [0.25, 0.3) is 5.91 Å². The van der Waals surface area contributed by atoms with Crippen LogP contribution in [-0.2, 0) is 9.84 Å². The molecule has 2 heterocycles. The average Bonchev–Trinajstić information content (AvgIpc) is 3.02. The molecule has 1 unspecified atom stereocenters. The van der Waals surface area contributed by atoms with Crippen molar-refractivity contribution in [2.75, 3.05) is 28.3 Å². The predicted octanol–water partition coefficient (Wildman–Crippen LogP) is 2.22. The van der Waals surface area contributed by atoms with Gasteiger partial charge in [0.2, 0.25) is 0 Å². The highest BCUT2D eigenvalue weighted by Gasteiger charge is 2.32. The van der Waals surface area contributed by atoms with Gasteiger partial charge in [-0.15, -0.1) is 0 Å². The molecule has 1 aliphatic rings. The number of aromatic nitrogens is 1. The Morgan fingerprint density at radius 2 is 2.07 bits per heavy atom. The monoisotopic (exact) mass is 384 g/mol. The number of pyridine rings is 1. The number of amides is 1. The third-order valence-electron chi connectivity index (χ3n) is 4.58. The van der Waals surface area contributed by atoms with Gasteiger partial charge in [0.15, 0.2) is 9.84 Å². The molecule has 1 N–H and O–H groups in total. The molecule has 0 spiro atoms. The minimum atomic E-state index is -3.00. The number of nitrogens with zero attached hydrogens (tertiary/aromatic N) is 3. The second-order valence-electron chi connectivity index (χ2n) is 6.42. The van der Waals surface area contributed by atoms with Gasteiger partial charge in [0.1, 0.15) is 0 Å². The van der Waals surface area contributed by atoms with E-state index in [4.69, 9.17) is 5.26 Å². The van der Waals surface area contributed by atoms with E-state index in [0.717, 1.165) is 5.69 Å². The van der Waals surface area contributed by atoms with Crippen molar-refractivity contribution in [2.24, 2.45) is 0 Å². The maximum Gasteiger partial charge on any atom is 0.257 e. The zero-order chi connectivity index (χ0) is 19.4. The molecule has 0 bridgehead atoms. The highest BCUT2D eigenvalue weighted by Crippen LogP contribution is 2.24. The van der Waals surface area contributed by atoms with E-state index in [2.05, 4.69) is 10.3 Å². The molecule has 8 heteroatoms. The summed E-state index contributed by atoms with van der Waals surface area (Å²) in [7, 11) is -3.00. The van der Waals surface area contributed by atoms with Crippen LogP contribution in [-0.4, -0.2) is 43.4 Å². The third-order valence-corrected chi connectivity index (χ3v) is 6.33.